The Labute approximate surface area is 198 Å². The third-order valence-electron chi connectivity index (χ3n) is 6.56. The van der Waals surface area contributed by atoms with E-state index in [2.05, 4.69) is 15.6 Å². The van der Waals surface area contributed by atoms with Crippen molar-refractivity contribution >= 4 is 49.1 Å². The fourth-order valence-electron chi connectivity index (χ4n) is 4.83. The first-order valence-electron chi connectivity index (χ1n) is 11.5. The maximum atomic E-state index is 15.2. The number of rotatable bonds is 4. The molecule has 2 fully saturated rings. The number of morpholine rings is 1. The van der Waals surface area contributed by atoms with Crippen molar-refractivity contribution in [3.8, 4) is 0 Å². The van der Waals surface area contributed by atoms with Crippen LogP contribution in [0.25, 0.3) is 26.1 Å². The summed E-state index contributed by atoms with van der Waals surface area (Å²) in [6.07, 6.45) is 2.05. The van der Waals surface area contributed by atoms with Crippen molar-refractivity contribution in [2.75, 3.05) is 44.3 Å². The number of aromatic nitrogens is 2. The van der Waals surface area contributed by atoms with E-state index in [1.807, 2.05) is 33.6 Å². The quantitative estimate of drug-likeness (QED) is 0.466. The summed E-state index contributed by atoms with van der Waals surface area (Å²) < 4.78 is 23.3. The number of halogens is 1. The van der Waals surface area contributed by atoms with Crippen molar-refractivity contribution < 1.29 is 13.9 Å². The second-order valence-corrected chi connectivity index (χ2v) is 9.71. The predicted molar refractivity (Wildman–Crippen MR) is 131 cm³/mol. The normalized spacial score (nSPS) is 18.9. The van der Waals surface area contributed by atoms with Crippen molar-refractivity contribution in [1.82, 2.24) is 20.0 Å². The number of anilines is 1. The van der Waals surface area contributed by atoms with E-state index in [0.717, 1.165) is 29.6 Å². The molecule has 6 rings (SSSR count). The van der Waals surface area contributed by atoms with Crippen LogP contribution in [0.15, 0.2) is 35.1 Å². The zero-order chi connectivity index (χ0) is 23.2. The maximum Gasteiger partial charge on any atom is 0.258 e. The molecule has 1 unspecified atom stereocenters. The number of fused-ring (bicyclic) bond motifs is 5. The number of hydrogen-bond donors (Lipinski definition) is 2. The summed E-state index contributed by atoms with van der Waals surface area (Å²) in [5.74, 6) is -0.821. The van der Waals surface area contributed by atoms with Gasteiger partial charge in [0.05, 0.1) is 28.8 Å². The maximum absolute atomic E-state index is 15.2. The fraction of sp³-hybridized carbons (Fsp3) is 0.375. The molecule has 1 amide bonds. The number of amides is 1. The fourth-order valence-corrected chi connectivity index (χ4v) is 6.01. The molecule has 0 bridgehead atoms. The average molecular weight is 482 g/mol. The molecule has 10 heteroatoms. The molecule has 0 radical (unpaired) electrons. The van der Waals surface area contributed by atoms with Gasteiger partial charge in [-0.25, -0.2) is 9.37 Å². The molecule has 5 heterocycles. The molecule has 2 aliphatic rings. The highest BCUT2D eigenvalue weighted by molar-refractivity contribution is 7.24. The monoisotopic (exact) mass is 481 g/mol. The predicted octanol–water partition coefficient (Wildman–Crippen LogP) is 2.52. The van der Waals surface area contributed by atoms with E-state index in [-0.39, 0.29) is 22.8 Å². The third kappa shape index (κ3) is 3.53. The van der Waals surface area contributed by atoms with Crippen molar-refractivity contribution in [1.29, 1.82) is 0 Å². The molecule has 0 spiro atoms. The topological polar surface area (TPSA) is 88.0 Å². The summed E-state index contributed by atoms with van der Waals surface area (Å²) in [5.41, 5.74) is 0.714. The first-order chi connectivity index (χ1) is 16.6. The van der Waals surface area contributed by atoms with E-state index in [1.165, 1.54) is 17.4 Å². The molecule has 4 aromatic rings. The molecule has 8 nitrogen and oxygen atoms in total. The highest BCUT2D eigenvalue weighted by Crippen LogP contribution is 2.32. The summed E-state index contributed by atoms with van der Waals surface area (Å²) in [6.45, 7) is 3.39. The number of para-hydroxylation sites is 1. The number of carbonyl (C=O) groups is 1. The molecule has 1 atom stereocenters. The van der Waals surface area contributed by atoms with Crippen LogP contribution in [0.3, 0.4) is 0 Å². The molecule has 0 saturated carbocycles. The second kappa shape index (κ2) is 8.61. The second-order valence-electron chi connectivity index (χ2n) is 8.68. The minimum Gasteiger partial charge on any atom is -0.378 e. The summed E-state index contributed by atoms with van der Waals surface area (Å²) in [5, 5.41) is 6.36. The number of ether oxygens (including phenoxy) is 1. The molecule has 3 aromatic heterocycles. The first-order valence-corrected chi connectivity index (χ1v) is 12.3. The Morgan fingerprint density at radius 2 is 2.12 bits per heavy atom. The number of nitrogens with one attached hydrogen (secondary N) is 2. The van der Waals surface area contributed by atoms with Gasteiger partial charge in [-0.3, -0.25) is 14.0 Å². The lowest BCUT2D eigenvalue weighted by Gasteiger charge is -2.28. The highest BCUT2D eigenvalue weighted by Gasteiger charge is 2.26. The van der Waals surface area contributed by atoms with Gasteiger partial charge >= 0.3 is 0 Å². The average Bonchev–Trinajstić information content (AvgIpc) is 3.51. The van der Waals surface area contributed by atoms with Gasteiger partial charge in [-0.05, 0) is 37.6 Å². The molecule has 1 aromatic carbocycles. The van der Waals surface area contributed by atoms with E-state index < -0.39 is 17.2 Å². The number of nitrogens with zero attached hydrogens (tertiary/aromatic N) is 3. The van der Waals surface area contributed by atoms with Gasteiger partial charge in [0.25, 0.3) is 5.91 Å². The molecule has 2 aliphatic heterocycles. The molecule has 176 valence electrons. The van der Waals surface area contributed by atoms with Crippen LogP contribution in [0.4, 0.5) is 10.2 Å². The van der Waals surface area contributed by atoms with Crippen molar-refractivity contribution in [3.05, 3.63) is 51.9 Å². The zero-order valence-corrected chi connectivity index (χ0v) is 19.3. The largest absolute Gasteiger partial charge is 0.378 e. The van der Waals surface area contributed by atoms with Crippen molar-refractivity contribution in [2.45, 2.75) is 18.9 Å². The minimum absolute atomic E-state index is 0.0343. The summed E-state index contributed by atoms with van der Waals surface area (Å²) in [7, 11) is 0. The van der Waals surface area contributed by atoms with Crippen LogP contribution in [0.2, 0.25) is 0 Å². The van der Waals surface area contributed by atoms with Gasteiger partial charge < -0.3 is 20.3 Å². The Kier molecular flexibility index (Phi) is 5.43. The van der Waals surface area contributed by atoms with Crippen LogP contribution >= 0.6 is 11.3 Å². The number of carbonyl (C=O) groups excluding carboxylic acids is 1. The van der Waals surface area contributed by atoms with Crippen LogP contribution in [0.5, 0.6) is 0 Å². The lowest BCUT2D eigenvalue weighted by Crippen LogP contribution is -2.39. The lowest BCUT2D eigenvalue weighted by molar-refractivity contribution is 0.0951. The highest BCUT2D eigenvalue weighted by atomic mass is 32.1. The van der Waals surface area contributed by atoms with Gasteiger partial charge in [-0.2, -0.15) is 0 Å². The van der Waals surface area contributed by atoms with Gasteiger partial charge in [0.15, 0.2) is 17.3 Å². The van der Waals surface area contributed by atoms with Crippen LogP contribution in [0, 0.1) is 5.82 Å². The van der Waals surface area contributed by atoms with Crippen LogP contribution in [-0.4, -0.2) is 60.7 Å². The first kappa shape index (κ1) is 21.5. The standard InChI is InChI=1S/C24H24FN5O3S/c25-16-12-15-20(31)19(23(32)27-13-14-4-3-7-26-14)24-30(17-5-1-2-6-18(17)34-24)21(15)28-22(16)29-8-10-33-11-9-29/h1-2,5-6,12,14,26H,3-4,7-11,13H2,(H,27,32). The van der Waals surface area contributed by atoms with E-state index in [4.69, 9.17) is 4.74 Å². The Hall–Kier alpha value is -3.08. The molecular formula is C24H24FN5O3S. The number of benzene rings is 1. The Balaban J connectivity index is 1.57. The summed E-state index contributed by atoms with van der Waals surface area (Å²) in [4.78, 5) is 33.8. The molecule has 34 heavy (non-hydrogen) atoms. The van der Waals surface area contributed by atoms with Crippen LogP contribution in [-0.2, 0) is 4.74 Å². The van der Waals surface area contributed by atoms with Gasteiger partial charge in [0.2, 0.25) is 5.43 Å². The molecular weight excluding hydrogens is 457 g/mol. The van der Waals surface area contributed by atoms with Gasteiger partial charge in [-0.15, -0.1) is 11.3 Å². The van der Waals surface area contributed by atoms with E-state index >= 15 is 4.39 Å². The van der Waals surface area contributed by atoms with Gasteiger partial charge in [0, 0.05) is 25.7 Å². The lowest BCUT2D eigenvalue weighted by atomic mass is 10.1. The summed E-state index contributed by atoms with van der Waals surface area (Å²) >= 11 is 1.37. The number of pyridine rings is 2. The molecule has 2 N–H and O–H groups in total. The third-order valence-corrected chi connectivity index (χ3v) is 7.70. The smallest absolute Gasteiger partial charge is 0.258 e. The van der Waals surface area contributed by atoms with E-state index in [9.17, 15) is 9.59 Å². The van der Waals surface area contributed by atoms with Crippen molar-refractivity contribution in [2.24, 2.45) is 0 Å². The summed E-state index contributed by atoms with van der Waals surface area (Å²) in [6, 6.07) is 9.10. The van der Waals surface area contributed by atoms with E-state index in [0.29, 0.717) is 43.3 Å². The Morgan fingerprint density at radius 3 is 2.91 bits per heavy atom. The van der Waals surface area contributed by atoms with Crippen LogP contribution in [0.1, 0.15) is 23.2 Å². The zero-order valence-electron chi connectivity index (χ0n) is 18.5. The van der Waals surface area contributed by atoms with Gasteiger partial charge in [-0.1, -0.05) is 12.1 Å². The van der Waals surface area contributed by atoms with Crippen LogP contribution < -0.4 is 21.0 Å². The Bertz CT molecular complexity index is 1470. The van der Waals surface area contributed by atoms with Crippen molar-refractivity contribution in [3.63, 3.8) is 0 Å². The molecule has 2 saturated heterocycles. The molecule has 0 aliphatic carbocycles. The number of hydrogen-bond acceptors (Lipinski definition) is 7. The SMILES string of the molecule is O=C(NCC1CCCN1)c1c(=O)c2cc(F)c(N3CCOCC3)nc2n2c1sc1ccccc12. The van der Waals surface area contributed by atoms with Gasteiger partial charge in [0.1, 0.15) is 10.4 Å². The van der Waals surface area contributed by atoms with E-state index in [1.54, 1.807) is 0 Å². The Morgan fingerprint density at radius 1 is 1.29 bits per heavy atom. The minimum atomic E-state index is -0.576. The number of thiazole rings is 1.